The van der Waals surface area contributed by atoms with Gasteiger partial charge in [-0.05, 0) is 0 Å². The summed E-state index contributed by atoms with van der Waals surface area (Å²) in [6.45, 7) is 7.37. The van der Waals surface area contributed by atoms with E-state index in [0.717, 1.165) is 12.1 Å². The van der Waals surface area contributed by atoms with Crippen LogP contribution in [0.2, 0.25) is 0 Å². The normalized spacial score (nSPS) is 17.8. The van der Waals surface area contributed by atoms with Crippen molar-refractivity contribution in [2.45, 2.75) is 0 Å². The fourth-order valence-corrected chi connectivity index (χ4v) is 5.55. The maximum atomic E-state index is 16.4. The van der Waals surface area contributed by atoms with E-state index in [4.69, 9.17) is 6.57 Å². The van der Waals surface area contributed by atoms with Crippen molar-refractivity contribution >= 4 is 51.8 Å². The number of rotatable bonds is 3. The van der Waals surface area contributed by atoms with Crippen molar-refractivity contribution in [3.8, 4) is 12.1 Å². The van der Waals surface area contributed by atoms with Crippen LogP contribution in [0.25, 0.3) is 56.6 Å². The fourth-order valence-electron chi connectivity index (χ4n) is 5.55. The lowest BCUT2D eigenvalue weighted by atomic mass is 10.1. The molecule has 0 radical (unpaired) electrons. The van der Waals surface area contributed by atoms with Gasteiger partial charge in [-0.3, -0.25) is 0 Å². The number of allylic oxidation sites excluding steroid dienone is 5. The fraction of sp³-hybridized carbons (Fsp3) is 0. The average Bonchev–Trinajstić information content (AvgIpc) is 3.88. The Morgan fingerprint density at radius 3 is 0.980 bits per heavy atom. The number of fused-ring (bicyclic) bond motifs is 6. The molecule has 0 aliphatic heterocycles. The Labute approximate surface area is 268 Å². The van der Waals surface area contributed by atoms with Crippen LogP contribution in [-0.4, -0.2) is 15.0 Å². The second-order valence-corrected chi connectivity index (χ2v) is 9.94. The van der Waals surface area contributed by atoms with Gasteiger partial charge in [0.2, 0.25) is 17.7 Å². The minimum Gasteiger partial charge on any atom is -0.420 e. The molecule has 0 spiro atoms. The molecule has 0 saturated heterocycles. The molecule has 1 aromatic carbocycles. The molecule has 7 rings (SSSR count). The molecule has 0 fully saturated rings. The number of oxazole rings is 3. The lowest BCUT2D eigenvalue weighted by Crippen LogP contribution is -2.64. The first-order valence-corrected chi connectivity index (χ1v) is 13.0. The number of halogens is 12. The molecule has 0 saturated carbocycles. The number of hydrogen-bond donors (Lipinski definition) is 0. The zero-order valence-electron chi connectivity index (χ0n) is 23.4. The van der Waals surface area contributed by atoms with Crippen molar-refractivity contribution in [2.24, 2.45) is 0 Å². The maximum Gasteiger partial charge on any atom is 0.335 e. The van der Waals surface area contributed by atoms with Gasteiger partial charge in [-0.25, -0.2) is 31.2 Å². The van der Waals surface area contributed by atoms with Gasteiger partial charge < -0.3 is 13.3 Å². The molecule has 21 heteroatoms. The van der Waals surface area contributed by atoms with Gasteiger partial charge in [-0.1, -0.05) is 0 Å². The van der Waals surface area contributed by atoms with Crippen molar-refractivity contribution in [3.05, 3.63) is 113 Å². The van der Waals surface area contributed by atoms with Gasteiger partial charge in [-0.15, -0.1) is 0 Å². The Kier molecular flexibility index (Phi) is 6.98. The smallest absolute Gasteiger partial charge is 0.335 e. The molecular weight excluding hydrogens is 720 g/mol. The van der Waals surface area contributed by atoms with Crippen molar-refractivity contribution in [3.63, 3.8) is 0 Å². The molecule has 252 valence electrons. The van der Waals surface area contributed by atoms with Crippen LogP contribution in [0.15, 0.2) is 30.0 Å². The molecule has 3 aliphatic rings. The van der Waals surface area contributed by atoms with E-state index in [1.807, 2.05) is 0 Å². The zero-order chi connectivity index (χ0) is 37.0. The standard InChI is InChI=1S/C30F12N6O3/c1-45-21(30-48-24(39)27(42)51-30)14-19(35)12-10-8(15(31)6(17(10)33)4(2-43)28-46-22(37)25(40)49-28)9-11(13(12)20(14)36)18(34)7(16(9)32)5(3-44)29-47-23(38)26(41)50-29/b6-4-,7-5+,21-14?. The van der Waals surface area contributed by atoms with Crippen LogP contribution in [0.1, 0.15) is 17.7 Å². The Morgan fingerprint density at radius 2 is 0.745 bits per heavy atom. The van der Waals surface area contributed by atoms with Crippen LogP contribution < -0.4 is 31.3 Å². The van der Waals surface area contributed by atoms with Crippen LogP contribution in [0, 0.1) is 65.1 Å². The summed E-state index contributed by atoms with van der Waals surface area (Å²) >= 11 is 0. The minimum absolute atomic E-state index is 1.13. The van der Waals surface area contributed by atoms with E-state index in [9.17, 15) is 36.9 Å². The largest absolute Gasteiger partial charge is 0.420 e. The van der Waals surface area contributed by atoms with Gasteiger partial charge in [0.05, 0.1) is 23.3 Å². The van der Waals surface area contributed by atoms with E-state index >= 15 is 26.3 Å². The predicted molar refractivity (Wildman–Crippen MR) is 139 cm³/mol. The van der Waals surface area contributed by atoms with Crippen molar-refractivity contribution in [1.29, 1.82) is 10.5 Å². The molecular formula is C30F12N6O3. The van der Waals surface area contributed by atoms with E-state index in [1.165, 1.54) is 0 Å². The van der Waals surface area contributed by atoms with Crippen molar-refractivity contribution in [2.75, 3.05) is 0 Å². The highest BCUT2D eigenvalue weighted by Gasteiger charge is 2.39. The molecule has 3 heterocycles. The van der Waals surface area contributed by atoms with Crippen molar-refractivity contribution in [1.82, 2.24) is 15.0 Å². The van der Waals surface area contributed by atoms with Gasteiger partial charge >= 0.3 is 18.0 Å². The number of aromatic nitrogens is 3. The second kappa shape index (κ2) is 11.0. The number of hydrogen-bond acceptors (Lipinski definition) is 8. The predicted octanol–water partition coefficient (Wildman–Crippen LogP) is 3.28. The molecule has 3 aliphatic carbocycles. The summed E-state index contributed by atoms with van der Waals surface area (Å²) in [5.41, 5.74) is -9.47. The summed E-state index contributed by atoms with van der Waals surface area (Å²) in [5, 5.41) is 10.1. The van der Waals surface area contributed by atoms with Crippen LogP contribution in [0.3, 0.4) is 0 Å². The number of nitriles is 2. The summed E-state index contributed by atoms with van der Waals surface area (Å²) in [5.74, 6) is -23.0. The van der Waals surface area contributed by atoms with E-state index < -0.39 is 153 Å². The lowest BCUT2D eigenvalue weighted by Gasteiger charge is -2.00. The van der Waals surface area contributed by atoms with Gasteiger partial charge in [0.1, 0.15) is 58.2 Å². The van der Waals surface area contributed by atoms with E-state index in [0.29, 0.717) is 0 Å². The Hall–Kier alpha value is -7.08. The zero-order valence-corrected chi connectivity index (χ0v) is 23.4. The number of nitrogens with zero attached hydrogens (tertiary/aromatic N) is 6. The third-order valence-corrected chi connectivity index (χ3v) is 7.48. The summed E-state index contributed by atoms with van der Waals surface area (Å²) in [6.07, 6.45) is 0. The first-order valence-electron chi connectivity index (χ1n) is 13.0. The van der Waals surface area contributed by atoms with Gasteiger partial charge in [0.25, 0.3) is 23.5 Å². The first-order chi connectivity index (χ1) is 24.2. The summed E-state index contributed by atoms with van der Waals surface area (Å²) in [6, 6.07) is -3.98. The first kappa shape index (κ1) is 32.5. The summed E-state index contributed by atoms with van der Waals surface area (Å²) < 4.78 is 193. The quantitative estimate of drug-likeness (QED) is 0.179. The van der Waals surface area contributed by atoms with E-state index in [-0.39, 0.29) is 0 Å². The van der Waals surface area contributed by atoms with Crippen molar-refractivity contribution < 1.29 is 65.9 Å². The molecule has 0 N–H and O–H groups in total. The molecule has 0 bridgehead atoms. The minimum atomic E-state index is -2.12. The third-order valence-electron chi connectivity index (χ3n) is 7.48. The topological polar surface area (TPSA) is 130 Å². The molecule has 0 unspecified atom stereocenters. The van der Waals surface area contributed by atoms with Gasteiger partial charge in [0.15, 0.2) is 0 Å². The summed E-state index contributed by atoms with van der Waals surface area (Å²) in [7, 11) is 0. The molecule has 4 aromatic rings. The molecule has 0 amide bonds. The highest BCUT2D eigenvalue weighted by Crippen LogP contribution is 2.37. The molecule has 0 atom stereocenters. The van der Waals surface area contributed by atoms with Crippen LogP contribution >= 0.6 is 0 Å². The molecule has 51 heavy (non-hydrogen) atoms. The van der Waals surface area contributed by atoms with Crippen LogP contribution in [0.4, 0.5) is 52.7 Å². The highest BCUT2D eigenvalue weighted by atomic mass is 19.2. The SMILES string of the molecule is [C-]#[N+]C(=C1C(F)=c2c(c3c(c4c2=C(F)/C(=C(/C#N)c2nc(F)c(F)o2)C=4F)=C(F)/C(=C(/C#N)c2nc(F)c(F)o2)C=3F)=C1F)c1nc(F)c(F)o1. The van der Waals surface area contributed by atoms with Crippen LogP contribution in [0.5, 0.6) is 0 Å². The van der Waals surface area contributed by atoms with Gasteiger partial charge in [-0.2, -0.15) is 51.8 Å². The average molecular weight is 720 g/mol. The Morgan fingerprint density at radius 1 is 0.471 bits per heavy atom. The third kappa shape index (κ3) is 4.19. The lowest BCUT2D eigenvalue weighted by molar-refractivity contribution is 0.322. The van der Waals surface area contributed by atoms with E-state index in [2.05, 4.69) is 33.0 Å². The Bertz CT molecular complexity index is 2520. The maximum absolute atomic E-state index is 16.4. The molecule has 9 nitrogen and oxygen atoms in total. The Balaban J connectivity index is 1.80. The number of benzene rings is 1. The second-order valence-electron chi connectivity index (χ2n) is 9.94. The van der Waals surface area contributed by atoms with Crippen LogP contribution in [-0.2, 0) is 0 Å². The van der Waals surface area contributed by atoms with E-state index in [1.54, 1.807) is 0 Å². The molecule has 3 aromatic heterocycles. The van der Waals surface area contributed by atoms with Gasteiger partial charge in [0, 0.05) is 31.3 Å². The summed E-state index contributed by atoms with van der Waals surface area (Å²) in [4.78, 5) is 11.3. The highest BCUT2D eigenvalue weighted by molar-refractivity contribution is 6.03. The monoisotopic (exact) mass is 720 g/mol.